The first-order chi connectivity index (χ1) is 15.4. The van der Waals surface area contributed by atoms with Crippen molar-refractivity contribution in [3.63, 3.8) is 0 Å². The number of hydrogen-bond acceptors (Lipinski definition) is 4. The van der Waals surface area contributed by atoms with E-state index in [0.717, 1.165) is 49.6 Å². The average molecular weight is 435 g/mol. The summed E-state index contributed by atoms with van der Waals surface area (Å²) in [5, 5.41) is 5.07. The minimum Gasteiger partial charge on any atom is -0.380 e. The second-order valence-electron chi connectivity index (χ2n) is 9.42. The smallest absolute Gasteiger partial charge is 0.165 e. The summed E-state index contributed by atoms with van der Waals surface area (Å²) in [6, 6.07) is 5.02. The lowest BCUT2D eigenvalue weighted by Gasteiger charge is -2.27. The largest absolute Gasteiger partial charge is 0.380 e. The molecular formula is C27H38N4O. The summed E-state index contributed by atoms with van der Waals surface area (Å²) >= 11 is 0. The van der Waals surface area contributed by atoms with Gasteiger partial charge in [0.05, 0.1) is 17.9 Å². The molecule has 1 aromatic carbocycles. The van der Waals surface area contributed by atoms with E-state index in [9.17, 15) is 0 Å². The lowest BCUT2D eigenvalue weighted by atomic mass is 9.94. The van der Waals surface area contributed by atoms with Crippen LogP contribution >= 0.6 is 0 Å². The molecule has 4 rings (SSSR count). The van der Waals surface area contributed by atoms with Gasteiger partial charge < -0.3 is 9.64 Å². The van der Waals surface area contributed by atoms with Gasteiger partial charge in [0.1, 0.15) is 5.82 Å². The highest BCUT2D eigenvalue weighted by molar-refractivity contribution is 5.85. The SMILES string of the molecule is CCCOCCN1c2c(c(C)nc3c(-c4c(C)cc(C)cc4C)c(C)nn23)CC1CCC. The molecule has 1 aliphatic heterocycles. The maximum absolute atomic E-state index is 5.88. The highest BCUT2D eigenvalue weighted by Gasteiger charge is 2.34. The Bertz CT molecular complexity index is 1110. The molecule has 172 valence electrons. The summed E-state index contributed by atoms with van der Waals surface area (Å²) < 4.78 is 8.01. The quantitative estimate of drug-likeness (QED) is 0.414. The van der Waals surface area contributed by atoms with Gasteiger partial charge in [-0.2, -0.15) is 9.61 Å². The summed E-state index contributed by atoms with van der Waals surface area (Å²) in [6.45, 7) is 17.8. The van der Waals surface area contributed by atoms with Crippen LogP contribution in [0.15, 0.2) is 12.1 Å². The van der Waals surface area contributed by atoms with Crippen molar-refractivity contribution < 1.29 is 4.74 Å². The number of nitrogens with zero attached hydrogens (tertiary/aromatic N) is 4. The van der Waals surface area contributed by atoms with Crippen molar-refractivity contribution in [2.45, 2.75) is 80.2 Å². The Morgan fingerprint density at radius 1 is 0.938 bits per heavy atom. The number of aromatic nitrogens is 3. The predicted octanol–water partition coefficient (Wildman–Crippen LogP) is 5.90. The number of rotatable bonds is 8. The first-order valence-electron chi connectivity index (χ1n) is 12.2. The molecule has 2 aromatic heterocycles. The first kappa shape index (κ1) is 22.8. The van der Waals surface area contributed by atoms with Gasteiger partial charge in [-0.3, -0.25) is 0 Å². The van der Waals surface area contributed by atoms with Crippen molar-refractivity contribution in [2.75, 3.05) is 24.7 Å². The van der Waals surface area contributed by atoms with E-state index in [4.69, 9.17) is 14.8 Å². The third kappa shape index (κ3) is 3.92. The van der Waals surface area contributed by atoms with Crippen LogP contribution in [0.5, 0.6) is 0 Å². The third-order valence-electron chi connectivity index (χ3n) is 6.74. The van der Waals surface area contributed by atoms with E-state index in [0.29, 0.717) is 6.04 Å². The predicted molar refractivity (Wildman–Crippen MR) is 133 cm³/mol. The lowest BCUT2D eigenvalue weighted by Crippen LogP contribution is -2.35. The van der Waals surface area contributed by atoms with Crippen LogP contribution in [0.3, 0.4) is 0 Å². The minimum atomic E-state index is 0.488. The summed E-state index contributed by atoms with van der Waals surface area (Å²) in [7, 11) is 0. The Morgan fingerprint density at radius 2 is 1.66 bits per heavy atom. The first-order valence-corrected chi connectivity index (χ1v) is 12.2. The summed E-state index contributed by atoms with van der Waals surface area (Å²) in [6.07, 6.45) is 4.44. The Hall–Kier alpha value is -2.40. The number of aryl methyl sites for hydroxylation is 5. The van der Waals surface area contributed by atoms with E-state index in [1.165, 1.54) is 52.0 Å². The van der Waals surface area contributed by atoms with Crippen molar-refractivity contribution >= 4 is 11.5 Å². The van der Waals surface area contributed by atoms with Gasteiger partial charge in [0.15, 0.2) is 5.65 Å². The standard InChI is InChI=1S/C27H38N4O/c1-8-10-22-16-23-20(6)28-26-25(24-18(4)14-17(3)15-19(24)5)21(7)29-31(26)27(23)30(22)11-13-32-12-9-2/h14-15,22H,8-13,16H2,1-7H3. The van der Waals surface area contributed by atoms with E-state index in [-0.39, 0.29) is 0 Å². The fourth-order valence-electron chi connectivity index (χ4n) is 5.49. The van der Waals surface area contributed by atoms with Crippen LogP contribution < -0.4 is 4.90 Å². The lowest BCUT2D eigenvalue weighted by molar-refractivity contribution is 0.139. The molecule has 5 nitrogen and oxygen atoms in total. The van der Waals surface area contributed by atoms with Crippen molar-refractivity contribution in [1.29, 1.82) is 0 Å². The van der Waals surface area contributed by atoms with E-state index < -0.39 is 0 Å². The fraction of sp³-hybridized carbons (Fsp3) is 0.556. The van der Waals surface area contributed by atoms with E-state index in [2.05, 4.69) is 70.0 Å². The zero-order chi connectivity index (χ0) is 23.0. The Labute approximate surface area is 192 Å². The summed E-state index contributed by atoms with van der Waals surface area (Å²) in [5.74, 6) is 1.22. The molecule has 0 N–H and O–H groups in total. The highest BCUT2D eigenvalue weighted by atomic mass is 16.5. The van der Waals surface area contributed by atoms with Crippen LogP contribution in [-0.2, 0) is 11.2 Å². The molecule has 0 spiro atoms. The second kappa shape index (κ2) is 9.22. The maximum atomic E-state index is 5.88. The molecule has 0 fully saturated rings. The number of hydrogen-bond donors (Lipinski definition) is 0. The van der Waals surface area contributed by atoms with Crippen LogP contribution in [0.2, 0.25) is 0 Å². The fourth-order valence-corrected chi connectivity index (χ4v) is 5.49. The van der Waals surface area contributed by atoms with Crippen molar-refractivity contribution in [3.05, 3.63) is 45.8 Å². The number of anilines is 1. The maximum Gasteiger partial charge on any atom is 0.165 e. The summed E-state index contributed by atoms with van der Waals surface area (Å²) in [5.41, 5.74) is 10.8. The van der Waals surface area contributed by atoms with Crippen LogP contribution in [-0.4, -0.2) is 40.4 Å². The van der Waals surface area contributed by atoms with Crippen molar-refractivity contribution in [1.82, 2.24) is 14.6 Å². The Kier molecular flexibility index (Phi) is 6.57. The second-order valence-corrected chi connectivity index (χ2v) is 9.42. The highest BCUT2D eigenvalue weighted by Crippen LogP contribution is 2.40. The van der Waals surface area contributed by atoms with Crippen molar-refractivity contribution in [3.8, 4) is 11.1 Å². The van der Waals surface area contributed by atoms with Crippen molar-refractivity contribution in [2.24, 2.45) is 0 Å². The molecule has 0 radical (unpaired) electrons. The number of benzene rings is 1. The Balaban J connectivity index is 1.88. The molecule has 1 unspecified atom stereocenters. The molecule has 0 saturated heterocycles. The van der Waals surface area contributed by atoms with Gasteiger partial charge in [0.2, 0.25) is 0 Å². The Morgan fingerprint density at radius 3 is 2.31 bits per heavy atom. The van der Waals surface area contributed by atoms with Gasteiger partial charge in [-0.25, -0.2) is 4.98 Å². The molecule has 0 saturated carbocycles. The molecule has 32 heavy (non-hydrogen) atoms. The van der Waals surface area contributed by atoms with E-state index >= 15 is 0 Å². The monoisotopic (exact) mass is 434 g/mol. The molecule has 3 heterocycles. The van der Waals surface area contributed by atoms with Gasteiger partial charge in [-0.05, 0) is 70.6 Å². The summed E-state index contributed by atoms with van der Waals surface area (Å²) in [4.78, 5) is 7.67. The van der Waals surface area contributed by atoms with Crippen LogP contribution in [0.1, 0.15) is 66.8 Å². The molecule has 1 atom stereocenters. The number of ether oxygens (including phenoxy) is 1. The molecule has 5 heteroatoms. The van der Waals surface area contributed by atoms with Gasteiger partial charge in [-0.1, -0.05) is 38.0 Å². The molecular weight excluding hydrogens is 396 g/mol. The minimum absolute atomic E-state index is 0.488. The zero-order valence-electron chi connectivity index (χ0n) is 20.9. The molecule has 3 aromatic rings. The number of fused-ring (bicyclic) bond motifs is 3. The van der Waals surface area contributed by atoms with Gasteiger partial charge in [0.25, 0.3) is 0 Å². The zero-order valence-corrected chi connectivity index (χ0v) is 20.9. The normalized spacial score (nSPS) is 15.7. The van der Waals surface area contributed by atoms with E-state index in [1.807, 2.05) is 0 Å². The molecule has 0 bridgehead atoms. The van der Waals surface area contributed by atoms with E-state index in [1.54, 1.807) is 0 Å². The average Bonchev–Trinajstić information content (AvgIpc) is 3.24. The molecule has 0 aliphatic carbocycles. The van der Waals surface area contributed by atoms with Gasteiger partial charge in [0, 0.05) is 30.5 Å². The van der Waals surface area contributed by atoms with Crippen LogP contribution in [0.25, 0.3) is 16.8 Å². The van der Waals surface area contributed by atoms with Crippen LogP contribution in [0.4, 0.5) is 5.82 Å². The topological polar surface area (TPSA) is 42.7 Å². The van der Waals surface area contributed by atoms with Gasteiger partial charge >= 0.3 is 0 Å². The third-order valence-corrected chi connectivity index (χ3v) is 6.74. The van der Waals surface area contributed by atoms with Gasteiger partial charge in [-0.15, -0.1) is 0 Å². The molecule has 1 aliphatic rings. The van der Waals surface area contributed by atoms with Crippen LogP contribution in [0, 0.1) is 34.6 Å². The molecule has 0 amide bonds.